The molecule has 0 N–H and O–H groups in total. The summed E-state index contributed by atoms with van der Waals surface area (Å²) in [7, 11) is 0. The monoisotopic (exact) mass is 401 g/mol. The number of halogens is 2. The van der Waals surface area contributed by atoms with Crippen LogP contribution >= 0.6 is 23.4 Å². The first kappa shape index (κ1) is 17.8. The molecule has 4 aromatic rings. The van der Waals surface area contributed by atoms with Gasteiger partial charge in [0, 0.05) is 27.5 Å². The fourth-order valence-electron chi connectivity index (χ4n) is 2.48. The van der Waals surface area contributed by atoms with E-state index in [0.717, 1.165) is 22.4 Å². The highest BCUT2D eigenvalue weighted by molar-refractivity contribution is 7.98. The maximum atomic E-state index is 13.1. The van der Waals surface area contributed by atoms with Crippen LogP contribution in [-0.2, 0) is 5.75 Å². The summed E-state index contributed by atoms with van der Waals surface area (Å²) in [6.45, 7) is 1.91. The van der Waals surface area contributed by atoms with Gasteiger partial charge < -0.3 is 8.94 Å². The van der Waals surface area contributed by atoms with E-state index in [0.29, 0.717) is 27.6 Å². The van der Waals surface area contributed by atoms with Gasteiger partial charge in [-0.15, -0.1) is 10.2 Å². The van der Waals surface area contributed by atoms with Crippen molar-refractivity contribution in [3.05, 3.63) is 70.6 Å². The average Bonchev–Trinajstić information content (AvgIpc) is 3.28. The van der Waals surface area contributed by atoms with Crippen molar-refractivity contribution in [2.45, 2.75) is 17.9 Å². The number of benzene rings is 2. The van der Waals surface area contributed by atoms with Gasteiger partial charge in [0.25, 0.3) is 5.22 Å². The number of hydrogen-bond donors (Lipinski definition) is 0. The molecule has 2 heterocycles. The molecule has 0 radical (unpaired) electrons. The van der Waals surface area contributed by atoms with Gasteiger partial charge in [-0.05, 0) is 55.5 Å². The molecule has 0 aliphatic heterocycles. The zero-order valence-corrected chi connectivity index (χ0v) is 15.7. The Kier molecular flexibility index (Phi) is 4.96. The average molecular weight is 402 g/mol. The van der Waals surface area contributed by atoms with Crippen molar-refractivity contribution in [3.8, 4) is 22.8 Å². The number of rotatable bonds is 5. The Balaban J connectivity index is 1.46. The molecule has 0 amide bonds. The topological polar surface area (TPSA) is 65.0 Å². The first-order valence-corrected chi connectivity index (χ1v) is 9.40. The molecule has 0 saturated carbocycles. The molecule has 27 heavy (non-hydrogen) atoms. The first-order chi connectivity index (χ1) is 13.1. The maximum Gasteiger partial charge on any atom is 0.277 e. The third-order valence-electron chi connectivity index (χ3n) is 3.96. The molecule has 0 aliphatic rings. The molecule has 0 fully saturated rings. The standard InChI is InChI=1S/C19H13ClFN3O2S/c1-11-16(24-26-17(11)12-4-8-15(21)9-5-12)10-27-19-23-22-18(25-19)13-2-6-14(20)7-3-13/h2-9H,10H2,1H3. The molecule has 136 valence electrons. The largest absolute Gasteiger partial charge is 0.411 e. The van der Waals surface area contributed by atoms with E-state index in [1.165, 1.54) is 23.9 Å². The van der Waals surface area contributed by atoms with E-state index in [2.05, 4.69) is 15.4 Å². The molecule has 0 spiro atoms. The van der Waals surface area contributed by atoms with E-state index >= 15 is 0 Å². The Morgan fingerprint density at radius 2 is 1.70 bits per heavy atom. The Morgan fingerprint density at radius 1 is 1.00 bits per heavy atom. The molecule has 2 aromatic carbocycles. The Bertz CT molecular complexity index is 1060. The highest BCUT2D eigenvalue weighted by atomic mass is 35.5. The molecule has 0 atom stereocenters. The molecule has 5 nitrogen and oxygen atoms in total. The SMILES string of the molecule is Cc1c(CSc2nnc(-c3ccc(Cl)cc3)o2)noc1-c1ccc(F)cc1. The summed E-state index contributed by atoms with van der Waals surface area (Å²) in [5.74, 6) is 1.27. The summed E-state index contributed by atoms with van der Waals surface area (Å²) in [6.07, 6.45) is 0. The van der Waals surface area contributed by atoms with Crippen molar-refractivity contribution in [1.82, 2.24) is 15.4 Å². The molecule has 0 unspecified atom stereocenters. The number of hydrogen-bond acceptors (Lipinski definition) is 6. The highest BCUT2D eigenvalue weighted by Gasteiger charge is 2.16. The minimum Gasteiger partial charge on any atom is -0.411 e. The van der Waals surface area contributed by atoms with E-state index < -0.39 is 0 Å². The van der Waals surface area contributed by atoms with Crippen molar-refractivity contribution in [2.75, 3.05) is 0 Å². The first-order valence-electron chi connectivity index (χ1n) is 8.03. The molecular formula is C19H13ClFN3O2S. The third kappa shape index (κ3) is 3.89. The van der Waals surface area contributed by atoms with Crippen LogP contribution in [0.15, 0.2) is 62.7 Å². The van der Waals surface area contributed by atoms with Crippen LogP contribution in [0.5, 0.6) is 0 Å². The molecular weight excluding hydrogens is 389 g/mol. The van der Waals surface area contributed by atoms with Gasteiger partial charge in [-0.3, -0.25) is 0 Å². The molecule has 2 aromatic heterocycles. The summed E-state index contributed by atoms with van der Waals surface area (Å²) < 4.78 is 24.2. The van der Waals surface area contributed by atoms with Crippen LogP contribution in [0.3, 0.4) is 0 Å². The van der Waals surface area contributed by atoms with Crippen LogP contribution in [0.2, 0.25) is 5.02 Å². The fraction of sp³-hybridized carbons (Fsp3) is 0.105. The van der Waals surface area contributed by atoms with Crippen molar-refractivity contribution in [2.24, 2.45) is 0 Å². The Hall–Kier alpha value is -2.64. The van der Waals surface area contributed by atoms with Crippen molar-refractivity contribution in [3.63, 3.8) is 0 Å². The summed E-state index contributed by atoms with van der Waals surface area (Å²) in [5.41, 5.74) is 3.24. The molecule has 0 saturated heterocycles. The summed E-state index contributed by atoms with van der Waals surface area (Å²) in [6, 6.07) is 13.3. The lowest BCUT2D eigenvalue weighted by Crippen LogP contribution is -1.85. The Labute approximate surface area is 163 Å². The second kappa shape index (κ2) is 7.54. The quantitative estimate of drug-likeness (QED) is 0.394. The maximum absolute atomic E-state index is 13.1. The van der Waals surface area contributed by atoms with Crippen molar-refractivity contribution < 1.29 is 13.3 Å². The predicted molar refractivity (Wildman–Crippen MR) is 101 cm³/mol. The number of aromatic nitrogens is 3. The second-order valence-corrected chi connectivity index (χ2v) is 7.12. The Morgan fingerprint density at radius 3 is 2.44 bits per heavy atom. The van der Waals surface area contributed by atoms with Crippen molar-refractivity contribution >= 4 is 23.4 Å². The van der Waals surface area contributed by atoms with Crippen LogP contribution in [-0.4, -0.2) is 15.4 Å². The van der Waals surface area contributed by atoms with E-state index in [-0.39, 0.29) is 5.82 Å². The zero-order valence-electron chi connectivity index (χ0n) is 14.1. The van der Waals surface area contributed by atoms with Gasteiger partial charge in [0.05, 0.1) is 5.69 Å². The minimum atomic E-state index is -0.292. The van der Waals surface area contributed by atoms with Crippen LogP contribution in [0.1, 0.15) is 11.3 Å². The molecule has 0 bridgehead atoms. The second-order valence-electron chi connectivity index (χ2n) is 5.76. The van der Waals surface area contributed by atoms with E-state index in [4.69, 9.17) is 20.5 Å². The smallest absolute Gasteiger partial charge is 0.277 e. The van der Waals surface area contributed by atoms with Gasteiger partial charge >= 0.3 is 0 Å². The van der Waals surface area contributed by atoms with Crippen LogP contribution in [0, 0.1) is 12.7 Å². The van der Waals surface area contributed by atoms with Crippen LogP contribution < -0.4 is 0 Å². The number of thioether (sulfide) groups is 1. The van der Waals surface area contributed by atoms with Crippen molar-refractivity contribution in [1.29, 1.82) is 0 Å². The lowest BCUT2D eigenvalue weighted by Gasteiger charge is -1.98. The van der Waals surface area contributed by atoms with Gasteiger partial charge in [-0.2, -0.15) is 0 Å². The minimum absolute atomic E-state index is 0.292. The van der Waals surface area contributed by atoms with Gasteiger partial charge in [0.2, 0.25) is 5.89 Å². The van der Waals surface area contributed by atoms with Gasteiger partial charge in [0.15, 0.2) is 5.76 Å². The molecule has 4 rings (SSSR count). The fourth-order valence-corrected chi connectivity index (χ4v) is 3.37. The van der Waals surface area contributed by atoms with E-state index in [1.54, 1.807) is 24.3 Å². The van der Waals surface area contributed by atoms with Gasteiger partial charge in [-0.1, -0.05) is 28.5 Å². The summed E-state index contributed by atoms with van der Waals surface area (Å²) in [5, 5.41) is 13.3. The van der Waals surface area contributed by atoms with E-state index in [9.17, 15) is 4.39 Å². The third-order valence-corrected chi connectivity index (χ3v) is 5.04. The molecule has 0 aliphatic carbocycles. The van der Waals surface area contributed by atoms with Crippen LogP contribution in [0.4, 0.5) is 4.39 Å². The number of nitrogens with zero attached hydrogens (tertiary/aromatic N) is 3. The van der Waals surface area contributed by atoms with Gasteiger partial charge in [-0.25, -0.2) is 4.39 Å². The zero-order chi connectivity index (χ0) is 18.8. The lowest BCUT2D eigenvalue weighted by molar-refractivity contribution is 0.426. The van der Waals surface area contributed by atoms with E-state index in [1.807, 2.05) is 19.1 Å². The van der Waals surface area contributed by atoms with Gasteiger partial charge in [0.1, 0.15) is 5.82 Å². The summed E-state index contributed by atoms with van der Waals surface area (Å²) in [4.78, 5) is 0. The highest BCUT2D eigenvalue weighted by Crippen LogP contribution is 2.31. The van der Waals surface area contributed by atoms with Crippen LogP contribution in [0.25, 0.3) is 22.8 Å². The molecule has 8 heteroatoms. The summed E-state index contributed by atoms with van der Waals surface area (Å²) >= 11 is 7.25. The predicted octanol–water partition coefficient (Wildman–Crippen LogP) is 5.78. The normalized spacial score (nSPS) is 11.1. The lowest BCUT2D eigenvalue weighted by atomic mass is 10.1.